The molecule has 1 fully saturated rings. The average Bonchev–Trinajstić information content (AvgIpc) is 3.07. The second-order valence-corrected chi connectivity index (χ2v) is 8.38. The lowest BCUT2D eigenvalue weighted by atomic mass is 10.0. The zero-order valence-electron chi connectivity index (χ0n) is 18.3. The summed E-state index contributed by atoms with van der Waals surface area (Å²) in [5, 5.41) is 5.02. The van der Waals surface area contributed by atoms with Crippen LogP contribution in [0.15, 0.2) is 66.7 Å². The van der Waals surface area contributed by atoms with Crippen LogP contribution in [0.1, 0.15) is 63.6 Å². The van der Waals surface area contributed by atoms with Gasteiger partial charge in [0.25, 0.3) is 0 Å². The SMILES string of the molecule is CCC(c1cc(-c2ccccc2)n(-c2ccccc2)n1)N(C(N)=O)C1CCCCCC1. The molecule has 0 spiro atoms. The van der Waals surface area contributed by atoms with Gasteiger partial charge in [-0.15, -0.1) is 0 Å². The van der Waals surface area contributed by atoms with Crippen LogP contribution < -0.4 is 5.73 Å². The third kappa shape index (κ3) is 4.66. The van der Waals surface area contributed by atoms with Crippen molar-refractivity contribution in [2.75, 3.05) is 0 Å². The van der Waals surface area contributed by atoms with Crippen molar-refractivity contribution in [3.63, 3.8) is 0 Å². The normalized spacial score (nSPS) is 15.9. The van der Waals surface area contributed by atoms with Crippen molar-refractivity contribution in [3.05, 3.63) is 72.4 Å². The number of carbonyl (C=O) groups excluding carboxylic acids is 1. The highest BCUT2D eigenvalue weighted by atomic mass is 16.2. The first kappa shape index (κ1) is 21.2. The summed E-state index contributed by atoms with van der Waals surface area (Å²) in [4.78, 5) is 14.5. The van der Waals surface area contributed by atoms with E-state index in [1.54, 1.807) is 0 Å². The molecule has 0 bridgehead atoms. The minimum atomic E-state index is -0.339. The fourth-order valence-corrected chi connectivity index (χ4v) is 4.82. The van der Waals surface area contributed by atoms with Crippen LogP contribution in [0.5, 0.6) is 0 Å². The summed E-state index contributed by atoms with van der Waals surface area (Å²) < 4.78 is 1.99. The predicted molar refractivity (Wildman–Crippen MR) is 125 cm³/mol. The van der Waals surface area contributed by atoms with Gasteiger partial charge in [-0.1, -0.05) is 81.1 Å². The molecule has 2 amide bonds. The molecule has 1 aliphatic carbocycles. The first-order valence-corrected chi connectivity index (χ1v) is 11.5. The van der Waals surface area contributed by atoms with Crippen molar-refractivity contribution >= 4 is 6.03 Å². The van der Waals surface area contributed by atoms with Crippen LogP contribution in [0.3, 0.4) is 0 Å². The lowest BCUT2D eigenvalue weighted by Crippen LogP contribution is -2.45. The molecule has 1 saturated carbocycles. The van der Waals surface area contributed by atoms with E-state index in [1.807, 2.05) is 46.0 Å². The van der Waals surface area contributed by atoms with E-state index in [9.17, 15) is 4.79 Å². The number of benzene rings is 2. The maximum Gasteiger partial charge on any atom is 0.315 e. The second kappa shape index (κ2) is 9.82. The number of carbonyl (C=O) groups is 1. The molecule has 4 rings (SSSR count). The minimum Gasteiger partial charge on any atom is -0.351 e. The zero-order valence-corrected chi connectivity index (χ0v) is 18.3. The Bertz CT molecular complexity index is 918. The van der Waals surface area contributed by atoms with E-state index in [4.69, 9.17) is 10.8 Å². The Morgan fingerprint density at radius 2 is 1.65 bits per heavy atom. The first-order chi connectivity index (χ1) is 15.2. The highest BCUT2D eigenvalue weighted by Gasteiger charge is 2.32. The first-order valence-electron chi connectivity index (χ1n) is 11.5. The van der Waals surface area contributed by atoms with Gasteiger partial charge in [0.2, 0.25) is 0 Å². The second-order valence-electron chi connectivity index (χ2n) is 8.38. The number of aromatic nitrogens is 2. The maximum atomic E-state index is 12.6. The molecule has 1 heterocycles. The lowest BCUT2D eigenvalue weighted by Gasteiger charge is -2.35. The fraction of sp³-hybridized carbons (Fsp3) is 0.385. The van der Waals surface area contributed by atoms with Crippen molar-refractivity contribution in [2.24, 2.45) is 5.73 Å². The molecule has 1 atom stereocenters. The summed E-state index contributed by atoms with van der Waals surface area (Å²) in [6, 6.07) is 22.3. The third-order valence-electron chi connectivity index (χ3n) is 6.34. The van der Waals surface area contributed by atoms with Gasteiger partial charge in [0.1, 0.15) is 0 Å². The Balaban J connectivity index is 1.78. The van der Waals surface area contributed by atoms with Crippen LogP contribution in [0.4, 0.5) is 4.79 Å². The molecule has 31 heavy (non-hydrogen) atoms. The molecular weight excluding hydrogens is 384 g/mol. The van der Waals surface area contributed by atoms with Crippen molar-refractivity contribution in [3.8, 4) is 16.9 Å². The summed E-state index contributed by atoms with van der Waals surface area (Å²) in [6.45, 7) is 2.11. The van der Waals surface area contributed by atoms with E-state index in [2.05, 4.69) is 37.3 Å². The summed E-state index contributed by atoms with van der Waals surface area (Å²) in [7, 11) is 0. The van der Waals surface area contributed by atoms with Crippen molar-refractivity contribution in [1.29, 1.82) is 0 Å². The number of amides is 2. The molecule has 0 aliphatic heterocycles. The van der Waals surface area contributed by atoms with E-state index >= 15 is 0 Å². The number of primary amides is 1. The Morgan fingerprint density at radius 1 is 1.03 bits per heavy atom. The third-order valence-corrected chi connectivity index (χ3v) is 6.34. The number of hydrogen-bond donors (Lipinski definition) is 1. The molecule has 5 heteroatoms. The number of hydrogen-bond acceptors (Lipinski definition) is 2. The van der Waals surface area contributed by atoms with Gasteiger partial charge < -0.3 is 10.6 Å². The highest BCUT2D eigenvalue weighted by molar-refractivity contribution is 5.73. The number of nitrogens with zero attached hydrogens (tertiary/aromatic N) is 3. The number of para-hydroxylation sites is 1. The fourth-order valence-electron chi connectivity index (χ4n) is 4.82. The van der Waals surface area contributed by atoms with E-state index in [-0.39, 0.29) is 18.1 Å². The standard InChI is InChI=1S/C26H32N4O/c1-2-24(29(26(27)31)21-15-9-3-4-10-16-21)23-19-25(20-13-7-5-8-14-20)30(28-23)22-17-11-6-12-18-22/h5-8,11-14,17-19,21,24H,2-4,9-10,15-16H2,1H3,(H2,27,31). The molecule has 2 N–H and O–H groups in total. The van der Waals surface area contributed by atoms with Crippen molar-refractivity contribution in [2.45, 2.75) is 64.0 Å². The smallest absolute Gasteiger partial charge is 0.315 e. The molecule has 1 unspecified atom stereocenters. The minimum absolute atomic E-state index is 0.131. The zero-order chi connectivity index (χ0) is 21.6. The number of nitrogens with two attached hydrogens (primary N) is 1. The molecule has 1 aliphatic rings. The Labute approximate surface area is 184 Å². The molecule has 162 valence electrons. The number of rotatable bonds is 6. The van der Waals surface area contributed by atoms with Crippen LogP contribution in [0.25, 0.3) is 16.9 Å². The molecule has 0 radical (unpaired) electrons. The van der Waals surface area contributed by atoms with Gasteiger partial charge in [0, 0.05) is 11.6 Å². The van der Waals surface area contributed by atoms with E-state index in [0.717, 1.165) is 54.7 Å². The average molecular weight is 417 g/mol. The quantitative estimate of drug-likeness (QED) is 0.494. The molecule has 1 aromatic heterocycles. The number of urea groups is 1. The molecule has 3 aromatic rings. The Hall–Kier alpha value is -3.08. The Morgan fingerprint density at radius 3 is 2.23 bits per heavy atom. The van der Waals surface area contributed by atoms with Gasteiger partial charge >= 0.3 is 6.03 Å². The summed E-state index contributed by atoms with van der Waals surface area (Å²) >= 11 is 0. The van der Waals surface area contributed by atoms with E-state index in [0.29, 0.717) is 0 Å². The van der Waals surface area contributed by atoms with Crippen LogP contribution in [-0.4, -0.2) is 26.8 Å². The largest absolute Gasteiger partial charge is 0.351 e. The summed E-state index contributed by atoms with van der Waals surface area (Å²) in [5.41, 5.74) is 9.97. The molecular formula is C26H32N4O. The van der Waals surface area contributed by atoms with Crippen LogP contribution in [0, 0.1) is 0 Å². The maximum absolute atomic E-state index is 12.6. The van der Waals surface area contributed by atoms with Crippen LogP contribution in [0.2, 0.25) is 0 Å². The van der Waals surface area contributed by atoms with Gasteiger partial charge in [0.15, 0.2) is 0 Å². The predicted octanol–water partition coefficient (Wildman–Crippen LogP) is 6.09. The van der Waals surface area contributed by atoms with Crippen LogP contribution >= 0.6 is 0 Å². The van der Waals surface area contributed by atoms with Crippen LogP contribution in [-0.2, 0) is 0 Å². The van der Waals surface area contributed by atoms with E-state index in [1.165, 1.54) is 12.8 Å². The van der Waals surface area contributed by atoms with Gasteiger partial charge in [-0.2, -0.15) is 5.10 Å². The molecule has 2 aromatic carbocycles. The van der Waals surface area contributed by atoms with Crippen molar-refractivity contribution < 1.29 is 4.79 Å². The van der Waals surface area contributed by atoms with E-state index < -0.39 is 0 Å². The molecule has 0 saturated heterocycles. The van der Waals surface area contributed by atoms with Crippen molar-refractivity contribution in [1.82, 2.24) is 14.7 Å². The summed E-state index contributed by atoms with van der Waals surface area (Å²) in [6.07, 6.45) is 7.59. The van der Waals surface area contributed by atoms with Gasteiger partial charge in [-0.25, -0.2) is 9.48 Å². The molecule has 5 nitrogen and oxygen atoms in total. The monoisotopic (exact) mass is 416 g/mol. The summed E-state index contributed by atoms with van der Waals surface area (Å²) in [5.74, 6) is 0. The van der Waals surface area contributed by atoms with Gasteiger partial charge in [-0.05, 0) is 37.5 Å². The highest BCUT2D eigenvalue weighted by Crippen LogP contribution is 2.34. The topological polar surface area (TPSA) is 64.2 Å². The lowest BCUT2D eigenvalue weighted by molar-refractivity contribution is 0.138. The van der Waals surface area contributed by atoms with Gasteiger partial charge in [-0.3, -0.25) is 0 Å². The van der Waals surface area contributed by atoms with Gasteiger partial charge in [0.05, 0.1) is 23.1 Å². The Kier molecular flexibility index (Phi) is 6.70.